The Kier molecular flexibility index (Phi) is 2.24. The summed E-state index contributed by atoms with van der Waals surface area (Å²) in [5.41, 5.74) is 11.6. The molecule has 0 atom stereocenters. The first kappa shape index (κ1) is 11.3. The summed E-state index contributed by atoms with van der Waals surface area (Å²) in [5.74, 6) is -0.391. The highest BCUT2D eigenvalue weighted by Crippen LogP contribution is 2.35. The van der Waals surface area contributed by atoms with Crippen LogP contribution in [0, 0.1) is 0 Å². The molecule has 4 rings (SSSR count). The lowest BCUT2D eigenvalue weighted by atomic mass is 10.0. The van der Waals surface area contributed by atoms with Gasteiger partial charge in [-0.15, -0.1) is 0 Å². The number of fused-ring (bicyclic) bond motifs is 5. The molecule has 5 heteroatoms. The predicted molar refractivity (Wildman–Crippen MR) is 76.4 cm³/mol. The smallest absolute Gasteiger partial charge is 0.248 e. The van der Waals surface area contributed by atoms with E-state index < -0.39 is 5.91 Å². The molecule has 1 amide bonds. The van der Waals surface area contributed by atoms with Gasteiger partial charge in [0.25, 0.3) is 0 Å². The number of aryl methyl sites for hydroxylation is 2. The molecule has 0 saturated heterocycles. The Morgan fingerprint density at radius 2 is 2.15 bits per heavy atom. The van der Waals surface area contributed by atoms with Gasteiger partial charge in [0.15, 0.2) is 0 Å². The van der Waals surface area contributed by atoms with E-state index >= 15 is 0 Å². The molecule has 0 unspecified atom stereocenters. The molecular weight excluding hydrogens is 252 g/mol. The van der Waals surface area contributed by atoms with E-state index in [0.29, 0.717) is 5.56 Å². The summed E-state index contributed by atoms with van der Waals surface area (Å²) >= 11 is 0. The normalized spacial score (nSPS) is 13.8. The summed E-state index contributed by atoms with van der Waals surface area (Å²) in [6.07, 6.45) is 4.98. The summed E-state index contributed by atoms with van der Waals surface area (Å²) in [6, 6.07) is 5.56. The molecule has 1 aromatic carbocycles. The van der Waals surface area contributed by atoms with Gasteiger partial charge in [-0.2, -0.15) is 5.10 Å². The van der Waals surface area contributed by atoms with Crippen molar-refractivity contribution in [3.63, 3.8) is 0 Å². The highest BCUT2D eigenvalue weighted by Gasteiger charge is 2.20. The van der Waals surface area contributed by atoms with E-state index in [0.717, 1.165) is 41.6 Å². The second-order valence-corrected chi connectivity index (χ2v) is 5.23. The number of amides is 1. The molecule has 4 N–H and O–H groups in total. The van der Waals surface area contributed by atoms with Crippen molar-refractivity contribution in [2.24, 2.45) is 5.73 Å². The number of carbonyl (C=O) groups is 1. The third-order valence-corrected chi connectivity index (χ3v) is 4.03. The zero-order chi connectivity index (χ0) is 13.7. The van der Waals surface area contributed by atoms with Crippen LogP contribution in [0.15, 0.2) is 24.4 Å². The standard InChI is InChI=1S/C15H14N4O/c16-15(20)8-4-5-12-11(6-8)10-3-1-2-9-7-17-19-13(9)14(10)18-12/h4-7,18H,1-3H2,(H2,16,20)(H,17,19). The second-order valence-electron chi connectivity index (χ2n) is 5.23. The van der Waals surface area contributed by atoms with Gasteiger partial charge in [0.2, 0.25) is 5.91 Å². The molecule has 5 nitrogen and oxygen atoms in total. The van der Waals surface area contributed by atoms with Gasteiger partial charge in [-0.05, 0) is 48.6 Å². The van der Waals surface area contributed by atoms with Crippen LogP contribution in [-0.2, 0) is 12.8 Å². The molecule has 20 heavy (non-hydrogen) atoms. The van der Waals surface area contributed by atoms with Crippen LogP contribution < -0.4 is 5.73 Å². The van der Waals surface area contributed by atoms with Crippen molar-refractivity contribution < 1.29 is 4.79 Å². The number of aromatic amines is 2. The Labute approximate surface area is 115 Å². The number of nitrogens with one attached hydrogen (secondary N) is 2. The Hall–Kier alpha value is -2.56. The van der Waals surface area contributed by atoms with Gasteiger partial charge in [0.1, 0.15) is 0 Å². The Morgan fingerprint density at radius 3 is 3.00 bits per heavy atom. The molecule has 2 heterocycles. The average molecular weight is 266 g/mol. The number of nitrogens with two attached hydrogens (primary N) is 1. The molecule has 0 saturated carbocycles. The predicted octanol–water partition coefficient (Wildman–Crippen LogP) is 2.15. The van der Waals surface area contributed by atoms with Crippen LogP contribution in [0.4, 0.5) is 0 Å². The number of hydrogen-bond acceptors (Lipinski definition) is 2. The maximum atomic E-state index is 11.4. The molecule has 0 spiro atoms. The monoisotopic (exact) mass is 266 g/mol. The Bertz CT molecular complexity index is 828. The van der Waals surface area contributed by atoms with Crippen LogP contribution in [0.3, 0.4) is 0 Å². The van der Waals surface area contributed by atoms with Gasteiger partial charge in [-0.1, -0.05) is 0 Å². The fourth-order valence-corrected chi connectivity index (χ4v) is 3.05. The molecular formula is C15H14N4O. The van der Waals surface area contributed by atoms with Crippen LogP contribution in [0.1, 0.15) is 27.9 Å². The van der Waals surface area contributed by atoms with Crippen molar-refractivity contribution in [1.29, 1.82) is 0 Å². The minimum atomic E-state index is -0.391. The molecule has 100 valence electrons. The first-order valence-electron chi connectivity index (χ1n) is 6.71. The molecule has 0 fully saturated rings. The van der Waals surface area contributed by atoms with Gasteiger partial charge in [0, 0.05) is 16.5 Å². The number of carbonyl (C=O) groups excluding carboxylic acids is 1. The van der Waals surface area contributed by atoms with Crippen molar-refractivity contribution in [2.75, 3.05) is 0 Å². The van der Waals surface area contributed by atoms with E-state index in [9.17, 15) is 4.79 Å². The second kappa shape index (κ2) is 3.96. The lowest BCUT2D eigenvalue weighted by Gasteiger charge is -2.00. The number of H-pyrrole nitrogens is 2. The number of benzene rings is 1. The van der Waals surface area contributed by atoms with E-state index in [1.165, 1.54) is 11.1 Å². The van der Waals surface area contributed by atoms with Gasteiger partial charge in [-0.25, -0.2) is 0 Å². The number of hydrogen-bond donors (Lipinski definition) is 3. The third kappa shape index (κ3) is 1.49. The van der Waals surface area contributed by atoms with Gasteiger partial charge in [0.05, 0.1) is 17.6 Å². The van der Waals surface area contributed by atoms with E-state index in [2.05, 4.69) is 15.2 Å². The number of primary amides is 1. The molecule has 0 aliphatic heterocycles. The topological polar surface area (TPSA) is 87.6 Å². The van der Waals surface area contributed by atoms with Crippen LogP contribution in [0.2, 0.25) is 0 Å². The van der Waals surface area contributed by atoms with Crippen molar-refractivity contribution in [3.8, 4) is 11.4 Å². The zero-order valence-electron chi connectivity index (χ0n) is 10.9. The van der Waals surface area contributed by atoms with Gasteiger partial charge < -0.3 is 10.7 Å². The average Bonchev–Trinajstić information content (AvgIpc) is 2.99. The van der Waals surface area contributed by atoms with Crippen molar-refractivity contribution >= 4 is 16.8 Å². The quantitative estimate of drug-likeness (QED) is 0.630. The van der Waals surface area contributed by atoms with Crippen LogP contribution in [-0.4, -0.2) is 21.1 Å². The number of aromatic nitrogens is 3. The SMILES string of the molecule is NC(=O)c1ccc2[nH]c3c(c2c1)CCCc1cn[nH]c1-3. The highest BCUT2D eigenvalue weighted by atomic mass is 16.1. The maximum absolute atomic E-state index is 11.4. The summed E-state index contributed by atoms with van der Waals surface area (Å²) in [6.45, 7) is 0. The van der Waals surface area contributed by atoms with Crippen molar-refractivity contribution in [1.82, 2.24) is 15.2 Å². The van der Waals surface area contributed by atoms with Gasteiger partial charge >= 0.3 is 0 Å². The van der Waals surface area contributed by atoms with E-state index in [-0.39, 0.29) is 0 Å². The summed E-state index contributed by atoms with van der Waals surface area (Å²) in [5, 5.41) is 8.30. The lowest BCUT2D eigenvalue weighted by molar-refractivity contribution is 0.100. The highest BCUT2D eigenvalue weighted by molar-refractivity contribution is 5.99. The van der Waals surface area contributed by atoms with Crippen LogP contribution in [0.25, 0.3) is 22.3 Å². The Balaban J connectivity index is 2.02. The summed E-state index contributed by atoms with van der Waals surface area (Å²) in [7, 11) is 0. The van der Waals surface area contributed by atoms with Crippen LogP contribution >= 0.6 is 0 Å². The fraction of sp³-hybridized carbons (Fsp3) is 0.200. The summed E-state index contributed by atoms with van der Waals surface area (Å²) in [4.78, 5) is 14.8. The molecule has 2 aromatic heterocycles. The molecule has 3 aromatic rings. The minimum Gasteiger partial charge on any atom is -0.366 e. The van der Waals surface area contributed by atoms with Gasteiger partial charge in [-0.3, -0.25) is 9.89 Å². The van der Waals surface area contributed by atoms with E-state index in [4.69, 9.17) is 5.73 Å². The minimum absolute atomic E-state index is 0.391. The largest absolute Gasteiger partial charge is 0.366 e. The Morgan fingerprint density at radius 1 is 1.25 bits per heavy atom. The third-order valence-electron chi connectivity index (χ3n) is 4.03. The molecule has 1 aliphatic carbocycles. The van der Waals surface area contributed by atoms with E-state index in [1.807, 2.05) is 18.3 Å². The van der Waals surface area contributed by atoms with Crippen LogP contribution in [0.5, 0.6) is 0 Å². The first-order chi connectivity index (χ1) is 9.74. The lowest BCUT2D eigenvalue weighted by Crippen LogP contribution is -2.10. The molecule has 0 radical (unpaired) electrons. The molecule has 1 aliphatic rings. The fourth-order valence-electron chi connectivity index (χ4n) is 3.05. The van der Waals surface area contributed by atoms with E-state index in [1.54, 1.807) is 6.07 Å². The zero-order valence-corrected chi connectivity index (χ0v) is 10.9. The number of rotatable bonds is 1. The van der Waals surface area contributed by atoms with Crippen molar-refractivity contribution in [3.05, 3.63) is 41.1 Å². The summed E-state index contributed by atoms with van der Waals surface area (Å²) < 4.78 is 0. The maximum Gasteiger partial charge on any atom is 0.248 e. The number of nitrogens with zero attached hydrogens (tertiary/aromatic N) is 1. The first-order valence-corrected chi connectivity index (χ1v) is 6.71. The molecule has 0 bridgehead atoms. The van der Waals surface area contributed by atoms with Crippen molar-refractivity contribution in [2.45, 2.75) is 19.3 Å².